The van der Waals surface area contributed by atoms with E-state index in [1.807, 2.05) is 39.6 Å². The molecule has 0 amide bonds. The highest BCUT2D eigenvalue weighted by atomic mass is 19.4. The molecule has 0 bridgehead atoms. The van der Waals surface area contributed by atoms with Gasteiger partial charge in [-0.2, -0.15) is 18.3 Å². The maximum Gasteiger partial charge on any atom is 0.490 e. The monoisotopic (exact) mass is 742 g/mol. The number of halogens is 3. The van der Waals surface area contributed by atoms with Gasteiger partial charge >= 0.3 is 17.8 Å². The molecule has 2 fully saturated rings. The summed E-state index contributed by atoms with van der Waals surface area (Å²) >= 11 is 0. The summed E-state index contributed by atoms with van der Waals surface area (Å²) in [6.07, 6.45) is -3.18. The van der Waals surface area contributed by atoms with Gasteiger partial charge in [0.15, 0.2) is 11.5 Å². The van der Waals surface area contributed by atoms with Crippen LogP contribution < -0.4 is 11.4 Å². The van der Waals surface area contributed by atoms with Crippen molar-refractivity contribution >= 4 is 33.9 Å². The zero-order valence-corrected chi connectivity index (χ0v) is 29.5. The number of rotatable bonds is 8. The van der Waals surface area contributed by atoms with Crippen molar-refractivity contribution in [2.24, 2.45) is 0 Å². The predicted molar refractivity (Wildman–Crippen MR) is 200 cm³/mol. The first-order chi connectivity index (χ1) is 26.0. The number of nitrogens with zero attached hydrogens (tertiary/aromatic N) is 6. The third-order valence-electron chi connectivity index (χ3n) is 9.99. The highest BCUT2D eigenvalue weighted by Gasteiger charge is 2.38. The van der Waals surface area contributed by atoms with E-state index < -0.39 is 12.1 Å². The van der Waals surface area contributed by atoms with E-state index in [1.165, 1.54) is 5.56 Å². The molecular formula is C39H41F3N8O4. The molecule has 3 aromatic carbocycles. The number of hydrogen-bond acceptors (Lipinski definition) is 8. The maximum absolute atomic E-state index is 12.7. The minimum Gasteiger partial charge on any atom is -0.475 e. The normalized spacial score (nSPS) is 16.1. The lowest BCUT2D eigenvalue weighted by molar-refractivity contribution is -0.192. The first-order valence-corrected chi connectivity index (χ1v) is 17.9. The van der Waals surface area contributed by atoms with Crippen LogP contribution in [0.2, 0.25) is 0 Å². The van der Waals surface area contributed by atoms with Crippen LogP contribution in [0.3, 0.4) is 0 Å². The lowest BCUT2D eigenvalue weighted by atomic mass is 9.97. The number of para-hydroxylation sites is 2. The van der Waals surface area contributed by atoms with Gasteiger partial charge in [-0.3, -0.25) is 14.4 Å². The molecule has 6 aromatic rings. The third-order valence-corrected chi connectivity index (χ3v) is 9.99. The van der Waals surface area contributed by atoms with Crippen molar-refractivity contribution in [3.8, 4) is 22.4 Å². The van der Waals surface area contributed by atoms with Gasteiger partial charge in [-0.05, 0) is 42.2 Å². The Labute approximate surface area is 308 Å². The number of carboxylic acid groups (broad SMARTS) is 1. The lowest BCUT2D eigenvalue weighted by Crippen LogP contribution is -2.38. The van der Waals surface area contributed by atoms with E-state index in [1.54, 1.807) is 0 Å². The van der Waals surface area contributed by atoms with E-state index in [0.29, 0.717) is 5.82 Å². The zero-order chi connectivity index (χ0) is 37.8. The fraction of sp³-hybridized carbons (Fsp3) is 0.333. The number of pyridine rings is 1. The SMILES string of the molecule is Nc1nn(CCN2CCOCC2)c2nc(-c3ccc(CN4CCC(n5c(=O)[nH]c6ccccc65)CC4)cc3)c(-c3ccccc3)cc12.O=C(O)C(F)(F)F. The smallest absolute Gasteiger partial charge is 0.475 e. The molecule has 5 heterocycles. The van der Waals surface area contributed by atoms with Crippen LogP contribution in [0.5, 0.6) is 0 Å². The van der Waals surface area contributed by atoms with Crippen LogP contribution in [0.15, 0.2) is 89.7 Å². The molecule has 2 aliphatic rings. The number of benzene rings is 3. The van der Waals surface area contributed by atoms with Crippen molar-refractivity contribution in [3.63, 3.8) is 0 Å². The van der Waals surface area contributed by atoms with Gasteiger partial charge < -0.3 is 20.6 Å². The molecule has 54 heavy (non-hydrogen) atoms. The van der Waals surface area contributed by atoms with Crippen LogP contribution >= 0.6 is 0 Å². The number of aromatic nitrogens is 5. The number of carboxylic acids is 1. The highest BCUT2D eigenvalue weighted by Crippen LogP contribution is 2.35. The van der Waals surface area contributed by atoms with E-state index in [9.17, 15) is 18.0 Å². The van der Waals surface area contributed by atoms with Crippen LogP contribution in [0.1, 0.15) is 24.4 Å². The van der Waals surface area contributed by atoms with Gasteiger partial charge in [0.05, 0.1) is 41.9 Å². The summed E-state index contributed by atoms with van der Waals surface area (Å²) in [6, 6.07) is 29.5. The van der Waals surface area contributed by atoms with Crippen molar-refractivity contribution in [1.82, 2.24) is 34.1 Å². The fourth-order valence-corrected chi connectivity index (χ4v) is 7.19. The number of nitrogens with two attached hydrogens (primary N) is 1. The number of aliphatic carboxylic acids is 1. The number of H-pyrrole nitrogens is 1. The average molecular weight is 743 g/mol. The largest absolute Gasteiger partial charge is 0.490 e. The fourth-order valence-electron chi connectivity index (χ4n) is 7.19. The molecule has 4 N–H and O–H groups in total. The van der Waals surface area contributed by atoms with E-state index in [-0.39, 0.29) is 11.7 Å². The third kappa shape index (κ3) is 8.17. The van der Waals surface area contributed by atoms with Crippen molar-refractivity contribution in [1.29, 1.82) is 0 Å². The molecule has 0 unspecified atom stereocenters. The first-order valence-electron chi connectivity index (χ1n) is 17.9. The molecule has 0 aliphatic carbocycles. The number of likely N-dealkylation sites (tertiary alicyclic amines) is 1. The second-order valence-corrected chi connectivity index (χ2v) is 13.5. The minimum atomic E-state index is -5.08. The quantitative estimate of drug-likeness (QED) is 0.176. The Bertz CT molecular complexity index is 2270. The number of hydrogen-bond donors (Lipinski definition) is 3. The summed E-state index contributed by atoms with van der Waals surface area (Å²) in [4.78, 5) is 34.8. The van der Waals surface area contributed by atoms with Crippen LogP contribution in [-0.2, 0) is 22.6 Å². The second-order valence-electron chi connectivity index (χ2n) is 13.5. The van der Waals surface area contributed by atoms with Gasteiger partial charge in [-0.1, -0.05) is 66.7 Å². The maximum atomic E-state index is 12.7. The van der Waals surface area contributed by atoms with Crippen molar-refractivity contribution in [2.45, 2.75) is 38.1 Å². The summed E-state index contributed by atoms with van der Waals surface area (Å²) < 4.78 is 41.2. The molecule has 2 aliphatic heterocycles. The highest BCUT2D eigenvalue weighted by molar-refractivity contribution is 5.95. The molecule has 3 aromatic heterocycles. The minimum absolute atomic E-state index is 0.00949. The van der Waals surface area contributed by atoms with Gasteiger partial charge in [-0.15, -0.1) is 0 Å². The number of fused-ring (bicyclic) bond motifs is 2. The van der Waals surface area contributed by atoms with Crippen LogP contribution in [0.25, 0.3) is 44.5 Å². The summed E-state index contributed by atoms with van der Waals surface area (Å²) in [5.74, 6) is -2.25. The van der Waals surface area contributed by atoms with Gasteiger partial charge in [0.1, 0.15) is 0 Å². The van der Waals surface area contributed by atoms with Crippen LogP contribution in [0, 0.1) is 0 Å². The second kappa shape index (κ2) is 15.8. The van der Waals surface area contributed by atoms with Gasteiger partial charge in [-0.25, -0.2) is 19.3 Å². The van der Waals surface area contributed by atoms with Gasteiger partial charge in [0.2, 0.25) is 0 Å². The molecule has 0 atom stereocenters. The van der Waals surface area contributed by atoms with Crippen LogP contribution in [0.4, 0.5) is 19.0 Å². The van der Waals surface area contributed by atoms with Crippen molar-refractivity contribution in [2.75, 3.05) is 51.7 Å². The number of ether oxygens (including phenoxy) is 1. The molecule has 2 saturated heterocycles. The molecule has 0 radical (unpaired) electrons. The van der Waals surface area contributed by atoms with E-state index in [0.717, 1.165) is 116 Å². The standard InChI is InChI=1S/C37H40N8O2.C2HF3O2/c38-35-31-24-30(27-6-2-1-3-7-27)34(40-36(31)44(41-35)19-18-42-20-22-47-23-21-42)28-12-10-26(11-13-28)25-43-16-14-29(15-17-43)45-33-9-5-4-8-32(33)39-37(45)46;3-2(4,5)1(6)7/h1-13,24,29H,14-23,25H2,(H2,38,41)(H,39,46);(H,6,7). The Kier molecular flexibility index (Phi) is 10.8. The van der Waals surface area contributed by atoms with Gasteiger partial charge in [0.25, 0.3) is 0 Å². The van der Waals surface area contributed by atoms with E-state index >= 15 is 0 Å². The average Bonchev–Trinajstić information content (AvgIpc) is 3.69. The Hall–Kier alpha value is -5.51. The summed E-state index contributed by atoms with van der Waals surface area (Å²) in [7, 11) is 0. The van der Waals surface area contributed by atoms with E-state index in [2.05, 4.69) is 69.4 Å². The van der Waals surface area contributed by atoms with E-state index in [4.69, 9.17) is 30.5 Å². The van der Waals surface area contributed by atoms with Crippen molar-refractivity contribution in [3.05, 3.63) is 101 Å². The summed E-state index contributed by atoms with van der Waals surface area (Å²) in [6.45, 7) is 7.77. The molecule has 282 valence electrons. The molecule has 15 heteroatoms. The van der Waals surface area contributed by atoms with Crippen LogP contribution in [-0.4, -0.2) is 97.3 Å². The molecule has 8 rings (SSSR count). The summed E-state index contributed by atoms with van der Waals surface area (Å²) in [5, 5.41) is 12.7. The number of nitrogen functional groups attached to an aromatic ring is 1. The number of imidazole rings is 1. The Morgan fingerprint density at radius 2 is 1.56 bits per heavy atom. The summed E-state index contributed by atoms with van der Waals surface area (Å²) in [5.41, 5.74) is 14.6. The Morgan fingerprint density at radius 3 is 2.24 bits per heavy atom. The lowest BCUT2D eigenvalue weighted by Gasteiger charge is -2.32. The number of aromatic amines is 1. The molecule has 0 saturated carbocycles. The number of nitrogens with one attached hydrogen (secondary N) is 1. The van der Waals surface area contributed by atoms with Gasteiger partial charge in [0, 0.05) is 56.4 Å². The predicted octanol–water partition coefficient (Wildman–Crippen LogP) is 5.79. The topological polar surface area (TPSA) is 148 Å². The molecule has 0 spiro atoms. The number of piperidine rings is 1. The number of morpholine rings is 1. The molecule has 12 nitrogen and oxygen atoms in total. The molecular weight excluding hydrogens is 701 g/mol. The number of anilines is 1. The Morgan fingerprint density at radius 1 is 0.889 bits per heavy atom. The first kappa shape index (κ1) is 36.8. The number of carbonyl (C=O) groups is 1. The van der Waals surface area contributed by atoms with Crippen molar-refractivity contribution < 1.29 is 27.8 Å². The number of alkyl halides is 3. The zero-order valence-electron chi connectivity index (χ0n) is 29.5. The Balaban J connectivity index is 0.000000588.